The van der Waals surface area contributed by atoms with Gasteiger partial charge in [-0.05, 0) is 6.42 Å². The first-order valence-electron chi connectivity index (χ1n) is 10.3. The van der Waals surface area contributed by atoms with E-state index < -0.39 is 10.4 Å². The molecule has 174 valence electrons. The fourth-order valence-corrected chi connectivity index (χ4v) is 2.63. The maximum atomic E-state index is 11.1. The monoisotopic (exact) mass is 431 g/mol. The lowest BCUT2D eigenvalue weighted by atomic mass is 10.1. The third-order valence-corrected chi connectivity index (χ3v) is 4.24. The second kappa shape index (κ2) is 28.9. The quantitative estimate of drug-likeness (QED) is 0.211. The van der Waals surface area contributed by atoms with Crippen molar-refractivity contribution in [1.82, 2.24) is 0 Å². The van der Waals surface area contributed by atoms with Crippen LogP contribution in [0.4, 0.5) is 0 Å². The van der Waals surface area contributed by atoms with E-state index in [9.17, 15) is 8.42 Å². The van der Waals surface area contributed by atoms with E-state index in [1.165, 1.54) is 44.9 Å². The largest absolute Gasteiger partial charge is 0.399 e. The molecule has 0 saturated heterocycles. The lowest BCUT2D eigenvalue weighted by Crippen LogP contribution is -2.16. The summed E-state index contributed by atoms with van der Waals surface area (Å²) in [6.07, 6.45) is 12.0. The van der Waals surface area contributed by atoms with Gasteiger partial charge in [-0.3, -0.25) is 0 Å². The van der Waals surface area contributed by atoms with Crippen LogP contribution in [0.5, 0.6) is 0 Å². The summed E-state index contributed by atoms with van der Waals surface area (Å²) in [5.41, 5.74) is 14.7. The molecule has 0 aromatic rings. The molecule has 0 bridgehead atoms. The van der Waals surface area contributed by atoms with E-state index in [1.54, 1.807) is 0 Å². The van der Waals surface area contributed by atoms with Crippen LogP contribution in [0.1, 0.15) is 71.1 Å². The number of rotatable bonds is 17. The lowest BCUT2D eigenvalue weighted by molar-refractivity contribution is 0.215. The smallest absolute Gasteiger partial charge is 0.395 e. The molecular weight excluding hydrogens is 386 g/mol. The molecule has 0 atom stereocenters. The Balaban J connectivity index is -0.000000656. The van der Waals surface area contributed by atoms with Crippen LogP contribution >= 0.6 is 0 Å². The summed E-state index contributed by atoms with van der Waals surface area (Å²) in [5.74, 6) is 0. The number of aliphatic hydroxyl groups excluding tert-OH is 2. The SMILES string of the molecule is CCCCCCCCCCCCOS(=O)(=O)OCCN.NCCO.NCCO. The van der Waals surface area contributed by atoms with Gasteiger partial charge in [-0.15, -0.1) is 0 Å². The topological polar surface area (TPSA) is 171 Å². The number of unbranched alkanes of at least 4 members (excludes halogenated alkanes) is 9. The molecule has 0 unspecified atom stereocenters. The Morgan fingerprint density at radius 2 is 1.00 bits per heavy atom. The van der Waals surface area contributed by atoms with Gasteiger partial charge in [-0.2, -0.15) is 8.42 Å². The summed E-state index contributed by atoms with van der Waals surface area (Å²) in [7, 11) is -3.83. The molecule has 0 rings (SSSR count). The molecule has 0 heterocycles. The van der Waals surface area contributed by atoms with Gasteiger partial charge in [-0.25, -0.2) is 8.37 Å². The molecule has 9 nitrogen and oxygen atoms in total. The molecule has 0 saturated carbocycles. The van der Waals surface area contributed by atoms with E-state index in [1.807, 2.05) is 0 Å². The standard InChI is InChI=1S/C14H31NO4S.2C2H7NO/c1-2-3-4-5-6-7-8-9-10-11-13-18-20(16,17)19-14-12-15;2*3-1-2-4/h2-15H2,1H3;2*4H,1-3H2. The normalized spacial score (nSPS) is 10.6. The minimum Gasteiger partial charge on any atom is -0.395 e. The van der Waals surface area contributed by atoms with Gasteiger partial charge in [0.15, 0.2) is 0 Å². The van der Waals surface area contributed by atoms with Gasteiger partial charge in [0.2, 0.25) is 0 Å². The Kier molecular flexibility index (Phi) is 33.3. The lowest BCUT2D eigenvalue weighted by Gasteiger charge is -2.05. The molecule has 0 radical (unpaired) electrons. The van der Waals surface area contributed by atoms with Crippen molar-refractivity contribution in [1.29, 1.82) is 0 Å². The van der Waals surface area contributed by atoms with Gasteiger partial charge in [-0.1, -0.05) is 64.7 Å². The summed E-state index contributed by atoms with van der Waals surface area (Å²) >= 11 is 0. The molecule has 0 amide bonds. The van der Waals surface area contributed by atoms with Crippen molar-refractivity contribution in [2.75, 3.05) is 46.1 Å². The maximum Gasteiger partial charge on any atom is 0.399 e. The predicted octanol–water partition coefficient (Wildman–Crippen LogP) is 1.02. The molecular formula is C18H45N3O6S. The zero-order valence-corrected chi connectivity index (χ0v) is 18.5. The van der Waals surface area contributed by atoms with Crippen LogP contribution in [0.15, 0.2) is 0 Å². The summed E-state index contributed by atoms with van der Waals surface area (Å²) in [4.78, 5) is 0. The van der Waals surface area contributed by atoms with Crippen LogP contribution in [0, 0.1) is 0 Å². The Hall–Kier alpha value is -0.330. The highest BCUT2D eigenvalue weighted by Gasteiger charge is 2.10. The average molecular weight is 432 g/mol. The Bertz CT molecular complexity index is 351. The molecule has 10 heteroatoms. The van der Waals surface area contributed by atoms with Crippen LogP contribution < -0.4 is 17.2 Å². The minimum atomic E-state index is -3.83. The third-order valence-electron chi connectivity index (χ3n) is 3.33. The first-order chi connectivity index (χ1) is 13.4. The van der Waals surface area contributed by atoms with Crippen molar-refractivity contribution in [3.8, 4) is 0 Å². The number of hydrogen-bond acceptors (Lipinski definition) is 9. The zero-order valence-electron chi connectivity index (χ0n) is 17.7. The Labute approximate surface area is 172 Å². The van der Waals surface area contributed by atoms with Gasteiger partial charge in [0, 0.05) is 19.6 Å². The summed E-state index contributed by atoms with van der Waals surface area (Å²) in [6.45, 7) is 3.51. The summed E-state index contributed by atoms with van der Waals surface area (Å²) < 4.78 is 31.5. The van der Waals surface area contributed by atoms with Crippen LogP contribution in [0.3, 0.4) is 0 Å². The van der Waals surface area contributed by atoms with Crippen LogP contribution in [-0.2, 0) is 18.8 Å². The van der Waals surface area contributed by atoms with E-state index in [-0.39, 0.29) is 33.0 Å². The van der Waals surface area contributed by atoms with Gasteiger partial charge in [0.1, 0.15) is 0 Å². The average Bonchev–Trinajstić information content (AvgIpc) is 2.70. The zero-order chi connectivity index (χ0) is 21.9. The van der Waals surface area contributed by atoms with Crippen molar-refractivity contribution in [2.45, 2.75) is 71.1 Å². The first-order valence-corrected chi connectivity index (χ1v) is 11.6. The molecule has 0 aliphatic carbocycles. The molecule has 0 spiro atoms. The van der Waals surface area contributed by atoms with Gasteiger partial charge in [0.25, 0.3) is 0 Å². The fourth-order valence-electron chi connectivity index (χ4n) is 1.93. The van der Waals surface area contributed by atoms with Crippen LogP contribution in [0.25, 0.3) is 0 Å². The highest BCUT2D eigenvalue weighted by molar-refractivity contribution is 7.81. The first kappa shape index (κ1) is 32.3. The van der Waals surface area contributed by atoms with E-state index in [0.29, 0.717) is 13.1 Å². The number of hydrogen-bond donors (Lipinski definition) is 5. The Morgan fingerprint density at radius 1 is 0.643 bits per heavy atom. The van der Waals surface area contributed by atoms with Crippen molar-refractivity contribution >= 4 is 10.4 Å². The highest BCUT2D eigenvalue weighted by atomic mass is 32.3. The molecule has 8 N–H and O–H groups in total. The molecule has 0 fully saturated rings. The van der Waals surface area contributed by atoms with Gasteiger partial charge >= 0.3 is 10.4 Å². The Morgan fingerprint density at radius 3 is 1.36 bits per heavy atom. The molecule has 0 aromatic carbocycles. The number of nitrogens with two attached hydrogens (primary N) is 3. The highest BCUT2D eigenvalue weighted by Crippen LogP contribution is 2.10. The fraction of sp³-hybridized carbons (Fsp3) is 1.00. The summed E-state index contributed by atoms with van der Waals surface area (Å²) in [5, 5.41) is 15.5. The molecule has 0 aromatic heterocycles. The second-order valence-electron chi connectivity index (χ2n) is 6.05. The molecule has 0 aliphatic heterocycles. The second-order valence-corrected chi connectivity index (χ2v) is 7.34. The van der Waals surface area contributed by atoms with Crippen molar-refractivity contribution in [2.24, 2.45) is 17.2 Å². The van der Waals surface area contributed by atoms with E-state index in [4.69, 9.17) is 31.6 Å². The minimum absolute atomic E-state index is 0.0274. The predicted molar refractivity (Wildman–Crippen MR) is 114 cm³/mol. The van der Waals surface area contributed by atoms with Gasteiger partial charge in [0.05, 0.1) is 26.4 Å². The van der Waals surface area contributed by atoms with E-state index >= 15 is 0 Å². The maximum absolute atomic E-state index is 11.1. The van der Waals surface area contributed by atoms with Crippen LogP contribution in [-0.4, -0.2) is 64.7 Å². The van der Waals surface area contributed by atoms with Crippen molar-refractivity contribution in [3.05, 3.63) is 0 Å². The van der Waals surface area contributed by atoms with Crippen LogP contribution in [0.2, 0.25) is 0 Å². The van der Waals surface area contributed by atoms with E-state index in [0.717, 1.165) is 19.3 Å². The summed E-state index contributed by atoms with van der Waals surface area (Å²) in [6, 6.07) is 0. The van der Waals surface area contributed by atoms with Crippen molar-refractivity contribution in [3.63, 3.8) is 0 Å². The van der Waals surface area contributed by atoms with Gasteiger partial charge < -0.3 is 27.4 Å². The third kappa shape index (κ3) is 36.6. The number of aliphatic hydroxyl groups is 2. The molecule has 0 aliphatic rings. The van der Waals surface area contributed by atoms with Crippen molar-refractivity contribution < 1.29 is 27.0 Å². The van der Waals surface area contributed by atoms with E-state index in [2.05, 4.69) is 11.1 Å². The molecule has 28 heavy (non-hydrogen) atoms.